The molecule has 1 aromatic rings. The van der Waals surface area contributed by atoms with Crippen LogP contribution in [0.5, 0.6) is 5.75 Å². The van der Waals surface area contributed by atoms with Gasteiger partial charge in [0.25, 0.3) is 6.01 Å². The number of halogens is 3. The van der Waals surface area contributed by atoms with Crippen LogP contribution in [0.2, 0.25) is 5.02 Å². The van der Waals surface area contributed by atoms with Crippen LogP contribution >= 0.6 is 27.5 Å². The van der Waals surface area contributed by atoms with E-state index in [1.807, 2.05) is 0 Å². The third kappa shape index (κ3) is 2.83. The van der Waals surface area contributed by atoms with Crippen LogP contribution in [0, 0.1) is 6.07 Å². The lowest BCUT2D eigenvalue weighted by Crippen LogP contribution is -1.87. The van der Waals surface area contributed by atoms with Crippen LogP contribution in [-0.4, -0.2) is 0 Å². The Hall–Kier alpha value is -0.540. The van der Waals surface area contributed by atoms with Crippen molar-refractivity contribution in [3.05, 3.63) is 40.3 Å². The molecule has 1 aromatic carbocycles. The van der Waals surface area contributed by atoms with Gasteiger partial charge in [-0.05, 0) is 24.3 Å². The number of hydrogen-bond donors (Lipinski definition) is 0. The zero-order chi connectivity index (χ0) is 8.97. The van der Waals surface area contributed by atoms with Crippen LogP contribution in [0.3, 0.4) is 0 Å². The Labute approximate surface area is 82.9 Å². The van der Waals surface area contributed by atoms with E-state index in [0.29, 0.717) is 10.8 Å². The van der Waals surface area contributed by atoms with E-state index in [2.05, 4.69) is 26.7 Å². The lowest BCUT2D eigenvalue weighted by molar-refractivity contribution is 0.304. The van der Waals surface area contributed by atoms with Gasteiger partial charge in [0.05, 0.1) is 4.99 Å². The molecule has 0 aliphatic carbocycles. The van der Waals surface area contributed by atoms with Gasteiger partial charge < -0.3 is 4.74 Å². The standard InChI is InChI=1S/C8H4BrClFO/c9-5-8(11)12-7-3-1-2-6(10)4-7/h2-5H/b8-5+. The van der Waals surface area contributed by atoms with Crippen molar-refractivity contribution >= 4 is 27.5 Å². The molecule has 0 amide bonds. The Morgan fingerprint density at radius 1 is 1.67 bits per heavy atom. The number of hydrogen-bond acceptors (Lipinski definition) is 1. The maximum Gasteiger partial charge on any atom is 0.285 e. The molecular weight excluding hydrogens is 246 g/mol. The molecule has 0 heterocycles. The molecule has 0 fully saturated rings. The summed E-state index contributed by atoms with van der Waals surface area (Å²) in [5.74, 6) is 0.315. The second kappa shape index (κ2) is 4.48. The van der Waals surface area contributed by atoms with Gasteiger partial charge in [0.1, 0.15) is 5.75 Å². The molecule has 0 aromatic heterocycles. The molecule has 63 valence electrons. The molecule has 0 unspecified atom stereocenters. The highest BCUT2D eigenvalue weighted by molar-refractivity contribution is 9.11. The van der Waals surface area contributed by atoms with Crippen LogP contribution in [0.15, 0.2) is 29.2 Å². The lowest BCUT2D eigenvalue weighted by atomic mass is 10.3. The van der Waals surface area contributed by atoms with Crippen LogP contribution in [-0.2, 0) is 0 Å². The smallest absolute Gasteiger partial charge is 0.285 e. The third-order valence-electron chi connectivity index (χ3n) is 1.03. The minimum atomic E-state index is -0.731. The van der Waals surface area contributed by atoms with Gasteiger partial charge in [0.2, 0.25) is 0 Å². The summed E-state index contributed by atoms with van der Waals surface area (Å²) in [4.78, 5) is 1.04. The van der Waals surface area contributed by atoms with Gasteiger partial charge in [0.15, 0.2) is 0 Å². The largest absolute Gasteiger partial charge is 0.431 e. The van der Waals surface area contributed by atoms with Gasteiger partial charge in [-0.3, -0.25) is 0 Å². The zero-order valence-electron chi connectivity index (χ0n) is 5.85. The minimum Gasteiger partial charge on any atom is -0.431 e. The predicted molar refractivity (Wildman–Crippen MR) is 49.0 cm³/mol. The highest BCUT2D eigenvalue weighted by Crippen LogP contribution is 2.19. The van der Waals surface area contributed by atoms with Crippen LogP contribution in [0.4, 0.5) is 4.39 Å². The molecule has 0 saturated heterocycles. The average molecular weight is 250 g/mol. The molecule has 0 saturated carbocycles. The summed E-state index contributed by atoms with van der Waals surface area (Å²) in [6, 6.07) is 6.50. The van der Waals surface area contributed by atoms with E-state index in [0.717, 1.165) is 4.99 Å². The molecule has 12 heavy (non-hydrogen) atoms. The second-order valence-corrected chi connectivity index (χ2v) is 2.80. The van der Waals surface area contributed by atoms with E-state index in [4.69, 9.17) is 11.6 Å². The van der Waals surface area contributed by atoms with E-state index >= 15 is 0 Å². The fraction of sp³-hybridized carbons (Fsp3) is 0. The highest BCUT2D eigenvalue weighted by Gasteiger charge is 1.97. The first-order valence-corrected chi connectivity index (χ1v) is 4.32. The van der Waals surface area contributed by atoms with Crippen molar-refractivity contribution in [3.8, 4) is 5.75 Å². The molecular formula is C8H4BrClFO. The Bertz CT molecular complexity index is 301. The third-order valence-corrected chi connectivity index (χ3v) is 1.61. The van der Waals surface area contributed by atoms with E-state index in [1.165, 1.54) is 12.1 Å². The molecule has 1 radical (unpaired) electrons. The van der Waals surface area contributed by atoms with Gasteiger partial charge in [-0.25, -0.2) is 0 Å². The molecule has 0 N–H and O–H groups in total. The summed E-state index contributed by atoms with van der Waals surface area (Å²) in [5.41, 5.74) is 0. The molecule has 0 atom stereocenters. The first kappa shape index (κ1) is 9.55. The summed E-state index contributed by atoms with van der Waals surface area (Å²) >= 11 is 8.39. The molecule has 0 spiro atoms. The Balaban J connectivity index is 2.76. The maximum atomic E-state index is 12.5. The monoisotopic (exact) mass is 249 g/mol. The number of rotatable bonds is 2. The summed E-state index contributed by atoms with van der Waals surface area (Å²) in [6.45, 7) is 0. The van der Waals surface area contributed by atoms with Crippen LogP contribution in [0.1, 0.15) is 0 Å². The maximum absolute atomic E-state index is 12.5. The van der Waals surface area contributed by atoms with E-state index < -0.39 is 6.01 Å². The van der Waals surface area contributed by atoms with Crippen molar-refractivity contribution in [2.24, 2.45) is 0 Å². The highest BCUT2D eigenvalue weighted by atomic mass is 79.9. The molecule has 0 aliphatic rings. The van der Waals surface area contributed by atoms with Gasteiger partial charge in [-0.2, -0.15) is 4.39 Å². The lowest BCUT2D eigenvalue weighted by Gasteiger charge is -2.00. The van der Waals surface area contributed by atoms with Gasteiger partial charge in [-0.15, -0.1) is 0 Å². The molecule has 1 nitrogen and oxygen atoms in total. The van der Waals surface area contributed by atoms with E-state index in [-0.39, 0.29) is 0 Å². The SMILES string of the molecule is F/C(=C\Br)Oc1c[c]cc(Cl)c1. The molecule has 0 bridgehead atoms. The second-order valence-electron chi connectivity index (χ2n) is 1.90. The predicted octanol–water partition coefficient (Wildman–Crippen LogP) is 3.68. The number of ether oxygens (including phenoxy) is 1. The molecule has 1 rings (SSSR count). The fourth-order valence-electron chi connectivity index (χ4n) is 0.616. The minimum absolute atomic E-state index is 0.315. The Kier molecular flexibility index (Phi) is 3.56. The van der Waals surface area contributed by atoms with Crippen molar-refractivity contribution in [2.75, 3.05) is 0 Å². The van der Waals surface area contributed by atoms with Gasteiger partial charge in [-0.1, -0.05) is 27.5 Å². The summed E-state index contributed by atoms with van der Waals surface area (Å²) < 4.78 is 17.2. The van der Waals surface area contributed by atoms with Crippen LogP contribution in [0.25, 0.3) is 0 Å². The van der Waals surface area contributed by atoms with Crippen molar-refractivity contribution in [1.82, 2.24) is 0 Å². The fourth-order valence-corrected chi connectivity index (χ4v) is 0.880. The van der Waals surface area contributed by atoms with Gasteiger partial charge >= 0.3 is 0 Å². The molecule has 4 heteroatoms. The van der Waals surface area contributed by atoms with Crippen molar-refractivity contribution in [3.63, 3.8) is 0 Å². The quantitative estimate of drug-likeness (QED) is 0.728. The summed E-state index contributed by atoms with van der Waals surface area (Å²) in [6.07, 6.45) is 0. The van der Waals surface area contributed by atoms with Crippen molar-refractivity contribution < 1.29 is 9.13 Å². The van der Waals surface area contributed by atoms with E-state index in [9.17, 15) is 4.39 Å². The van der Waals surface area contributed by atoms with Gasteiger partial charge in [0, 0.05) is 5.02 Å². The first-order valence-electron chi connectivity index (χ1n) is 3.03. The normalized spacial score (nSPS) is 11.4. The average Bonchev–Trinajstić information content (AvgIpc) is 2.04. The van der Waals surface area contributed by atoms with E-state index in [1.54, 1.807) is 6.07 Å². The summed E-state index contributed by atoms with van der Waals surface area (Å²) in [7, 11) is 0. The first-order chi connectivity index (χ1) is 5.72. The van der Waals surface area contributed by atoms with Crippen LogP contribution < -0.4 is 4.74 Å². The van der Waals surface area contributed by atoms with Crippen molar-refractivity contribution in [1.29, 1.82) is 0 Å². The Morgan fingerprint density at radius 3 is 3.00 bits per heavy atom. The Morgan fingerprint density at radius 2 is 2.42 bits per heavy atom. The zero-order valence-corrected chi connectivity index (χ0v) is 8.19. The summed E-state index contributed by atoms with van der Waals surface area (Å²) in [5, 5.41) is 0.454. The topological polar surface area (TPSA) is 9.23 Å². The van der Waals surface area contributed by atoms with Crippen molar-refractivity contribution in [2.45, 2.75) is 0 Å². The number of benzene rings is 1. The molecule has 0 aliphatic heterocycles.